The lowest BCUT2D eigenvalue weighted by Crippen LogP contribution is -2.62. The topological polar surface area (TPSA) is 69.1 Å². The molecule has 0 bridgehead atoms. The van der Waals surface area contributed by atoms with Crippen molar-refractivity contribution in [3.63, 3.8) is 0 Å². The zero-order chi connectivity index (χ0) is 21.5. The molecule has 2 N–H and O–H groups in total. The maximum Gasteiger partial charge on any atom is 0.239 e. The van der Waals surface area contributed by atoms with Gasteiger partial charge in [-0.1, -0.05) is 44.2 Å². The minimum atomic E-state index is -0.717. The first-order valence-corrected chi connectivity index (χ1v) is 10.9. The molecular weight excluding hydrogens is 392 g/mol. The first kappa shape index (κ1) is 20.3. The van der Waals surface area contributed by atoms with Crippen LogP contribution in [0.1, 0.15) is 48.6 Å². The second-order valence-electron chi connectivity index (χ2n) is 8.27. The summed E-state index contributed by atoms with van der Waals surface area (Å²) in [6, 6.07) is 14.4. The number of pyridine rings is 1. The highest BCUT2D eigenvalue weighted by Crippen LogP contribution is 2.44. The molecule has 30 heavy (non-hydrogen) atoms. The minimum Gasteiger partial charge on any atom is -0.345 e. The second-order valence-corrected chi connectivity index (χ2v) is 9.18. The lowest BCUT2D eigenvalue weighted by Gasteiger charge is -2.45. The van der Waals surface area contributed by atoms with Gasteiger partial charge >= 0.3 is 0 Å². The van der Waals surface area contributed by atoms with E-state index in [2.05, 4.69) is 59.9 Å². The van der Waals surface area contributed by atoms with Gasteiger partial charge in [-0.25, -0.2) is 0 Å². The monoisotopic (exact) mass is 418 g/mol. The van der Waals surface area contributed by atoms with Crippen LogP contribution >= 0.6 is 11.3 Å². The van der Waals surface area contributed by atoms with Crippen molar-refractivity contribution in [2.24, 2.45) is 0 Å². The van der Waals surface area contributed by atoms with E-state index in [0.717, 1.165) is 21.6 Å². The van der Waals surface area contributed by atoms with Crippen LogP contribution in [0.25, 0.3) is 11.1 Å². The quantitative estimate of drug-likeness (QED) is 0.631. The van der Waals surface area contributed by atoms with Gasteiger partial charge in [-0.3, -0.25) is 20.1 Å². The summed E-state index contributed by atoms with van der Waals surface area (Å²) >= 11 is 1.60. The van der Waals surface area contributed by atoms with Crippen molar-refractivity contribution >= 4 is 23.2 Å². The van der Waals surface area contributed by atoms with Crippen LogP contribution in [0.15, 0.2) is 60.2 Å². The predicted molar refractivity (Wildman–Crippen MR) is 122 cm³/mol. The molecule has 0 radical (unpaired) electrons. The minimum absolute atomic E-state index is 0.0742. The molecule has 1 aliphatic heterocycles. The van der Waals surface area contributed by atoms with E-state index in [1.807, 2.05) is 25.3 Å². The van der Waals surface area contributed by atoms with E-state index < -0.39 is 11.5 Å². The van der Waals surface area contributed by atoms with E-state index in [1.54, 1.807) is 24.6 Å². The maximum atomic E-state index is 13.4. The first-order chi connectivity index (χ1) is 14.3. The van der Waals surface area contributed by atoms with Gasteiger partial charge in [-0.05, 0) is 47.0 Å². The molecule has 5 nitrogen and oxygen atoms in total. The molecule has 1 fully saturated rings. The van der Waals surface area contributed by atoms with Crippen LogP contribution in [0.3, 0.4) is 0 Å². The normalized spacial score (nSPS) is 21.8. The molecule has 3 aromatic rings. The summed E-state index contributed by atoms with van der Waals surface area (Å²) in [4.78, 5) is 20.0. The van der Waals surface area contributed by atoms with Crippen molar-refractivity contribution in [3.8, 4) is 11.1 Å². The van der Waals surface area contributed by atoms with Crippen molar-refractivity contribution in [1.82, 2.24) is 15.2 Å². The molecule has 1 aromatic carbocycles. The zero-order valence-electron chi connectivity index (χ0n) is 17.6. The Hall–Kier alpha value is -2.99. The van der Waals surface area contributed by atoms with Crippen LogP contribution in [0.4, 0.5) is 0 Å². The summed E-state index contributed by atoms with van der Waals surface area (Å²) in [6.45, 7) is 6.34. The van der Waals surface area contributed by atoms with Gasteiger partial charge in [0.15, 0.2) is 5.96 Å². The van der Waals surface area contributed by atoms with Crippen LogP contribution in [-0.2, 0) is 10.3 Å². The molecule has 1 saturated heterocycles. The molecular formula is C24H26N4OS. The average Bonchev–Trinajstić information content (AvgIpc) is 3.24. The fourth-order valence-corrected chi connectivity index (χ4v) is 5.07. The maximum absolute atomic E-state index is 13.4. The highest BCUT2D eigenvalue weighted by atomic mass is 32.1. The summed E-state index contributed by atoms with van der Waals surface area (Å²) in [5.74, 6) is 0.0442. The molecule has 2 aromatic heterocycles. The number of nitrogens with one attached hydrogen (secondary N) is 2. The van der Waals surface area contributed by atoms with Crippen molar-refractivity contribution in [1.29, 1.82) is 5.41 Å². The Morgan fingerprint density at radius 3 is 2.57 bits per heavy atom. The molecule has 2 atom stereocenters. The van der Waals surface area contributed by atoms with E-state index in [9.17, 15) is 4.79 Å². The number of aromatic nitrogens is 1. The first-order valence-electron chi connectivity index (χ1n) is 10.0. The summed E-state index contributed by atoms with van der Waals surface area (Å²) in [7, 11) is 1.65. The molecule has 154 valence electrons. The van der Waals surface area contributed by atoms with E-state index in [-0.39, 0.29) is 11.9 Å². The Labute approximate surface area is 181 Å². The number of hydrogen-bond acceptors (Lipinski definition) is 4. The fraction of sp³-hybridized carbons (Fsp3) is 0.292. The number of carbonyl (C=O) groups is 1. The number of benzene rings is 1. The third-order valence-electron chi connectivity index (χ3n) is 5.91. The van der Waals surface area contributed by atoms with Crippen molar-refractivity contribution in [2.45, 2.75) is 38.1 Å². The van der Waals surface area contributed by atoms with E-state index in [4.69, 9.17) is 5.41 Å². The van der Waals surface area contributed by atoms with Crippen LogP contribution in [0.5, 0.6) is 0 Å². The predicted octanol–water partition coefficient (Wildman–Crippen LogP) is 4.93. The van der Waals surface area contributed by atoms with Crippen molar-refractivity contribution in [3.05, 3.63) is 76.2 Å². The summed E-state index contributed by atoms with van der Waals surface area (Å²) in [5.41, 5.74) is 3.59. The average molecular weight is 419 g/mol. The molecule has 0 spiro atoms. The number of rotatable bonds is 4. The summed E-state index contributed by atoms with van der Waals surface area (Å²) in [6.07, 6.45) is 3.60. The zero-order valence-corrected chi connectivity index (χ0v) is 18.5. The fourth-order valence-electron chi connectivity index (χ4n) is 4.00. The van der Waals surface area contributed by atoms with Crippen LogP contribution in [0, 0.1) is 5.41 Å². The Morgan fingerprint density at radius 2 is 1.93 bits per heavy atom. The van der Waals surface area contributed by atoms with Gasteiger partial charge in [0.25, 0.3) is 0 Å². The Kier molecular flexibility index (Phi) is 5.20. The lowest BCUT2D eigenvalue weighted by atomic mass is 9.76. The van der Waals surface area contributed by atoms with Gasteiger partial charge in [-0.2, -0.15) is 0 Å². The summed E-state index contributed by atoms with van der Waals surface area (Å²) in [5, 5.41) is 13.7. The molecule has 4 rings (SSSR count). The number of likely N-dealkylation sites (N-methyl/N-ethyl adjacent to an activating group) is 1. The second kappa shape index (κ2) is 7.69. The Balaban J connectivity index is 1.79. The third kappa shape index (κ3) is 3.41. The standard InChI is InChI=1S/C24H26N4OS/c1-15(2)16-7-9-17(10-8-16)21-22(29)28(4)23(25)27-24(21,3)20-12-19(14-30-20)18-6-5-11-26-13-18/h5-15,21H,1-4H3,(H2,25,27)/t21-,24+/m0/s1. The number of thiophene rings is 1. The van der Waals surface area contributed by atoms with Gasteiger partial charge < -0.3 is 5.32 Å². The highest BCUT2D eigenvalue weighted by molar-refractivity contribution is 7.10. The molecule has 0 aliphatic carbocycles. The molecule has 1 amide bonds. The van der Waals surface area contributed by atoms with Gasteiger partial charge in [0.1, 0.15) is 0 Å². The largest absolute Gasteiger partial charge is 0.345 e. The van der Waals surface area contributed by atoms with Crippen LogP contribution in [0.2, 0.25) is 0 Å². The van der Waals surface area contributed by atoms with E-state index in [0.29, 0.717) is 5.92 Å². The molecule has 3 heterocycles. The summed E-state index contributed by atoms with van der Waals surface area (Å²) < 4.78 is 0. The molecule has 6 heteroatoms. The van der Waals surface area contributed by atoms with Crippen LogP contribution < -0.4 is 5.32 Å². The SMILES string of the molecule is CC(C)c1ccc([C@H]2C(=O)N(C)C(=N)N[C@]2(C)c2cc(-c3cccnc3)cs2)cc1. The van der Waals surface area contributed by atoms with Crippen molar-refractivity contribution in [2.75, 3.05) is 7.05 Å². The van der Waals surface area contributed by atoms with Crippen LogP contribution in [-0.4, -0.2) is 28.8 Å². The number of nitrogens with zero attached hydrogens (tertiary/aromatic N) is 2. The van der Waals surface area contributed by atoms with Gasteiger partial charge in [0.05, 0.1) is 11.5 Å². The van der Waals surface area contributed by atoms with Gasteiger partial charge in [0.2, 0.25) is 5.91 Å². The molecule has 0 saturated carbocycles. The van der Waals surface area contributed by atoms with E-state index in [1.165, 1.54) is 10.5 Å². The number of carbonyl (C=O) groups excluding carboxylic acids is 1. The Bertz CT molecular complexity index is 1070. The van der Waals surface area contributed by atoms with Gasteiger partial charge in [-0.15, -0.1) is 11.3 Å². The number of hydrogen-bond donors (Lipinski definition) is 2. The molecule has 0 unspecified atom stereocenters. The van der Waals surface area contributed by atoms with Crippen molar-refractivity contribution < 1.29 is 4.79 Å². The highest BCUT2D eigenvalue weighted by Gasteiger charge is 2.49. The molecule has 1 aliphatic rings. The number of amides is 1. The smallest absolute Gasteiger partial charge is 0.239 e. The van der Waals surface area contributed by atoms with E-state index >= 15 is 0 Å². The Morgan fingerprint density at radius 1 is 1.20 bits per heavy atom. The van der Waals surface area contributed by atoms with Gasteiger partial charge in [0, 0.05) is 29.9 Å². The third-order valence-corrected chi connectivity index (χ3v) is 7.08. The number of guanidine groups is 1. The lowest BCUT2D eigenvalue weighted by molar-refractivity contribution is -0.131.